The Bertz CT molecular complexity index is 820. The maximum Gasteiger partial charge on any atom is 0.335 e. The molecular weight excluding hydrogens is 328 g/mol. The highest BCUT2D eigenvalue weighted by molar-refractivity contribution is 7.89. The van der Waals surface area contributed by atoms with Gasteiger partial charge < -0.3 is 10.4 Å². The SMILES string of the molecule is CCNS(=O)(=O)c1cc(C(=O)O)ccc1NC(C)c1ccccc1. The Hall–Kier alpha value is -2.38. The van der Waals surface area contributed by atoms with Gasteiger partial charge in [-0.05, 0) is 30.7 Å². The molecule has 0 amide bonds. The van der Waals surface area contributed by atoms with Crippen molar-refractivity contribution < 1.29 is 18.3 Å². The Balaban J connectivity index is 2.43. The van der Waals surface area contributed by atoms with Crippen molar-refractivity contribution in [1.29, 1.82) is 0 Å². The number of carboxylic acid groups (broad SMARTS) is 1. The molecule has 0 aliphatic carbocycles. The standard InChI is InChI=1S/C17H20N2O4S/c1-3-18-24(22,23)16-11-14(17(20)21)9-10-15(16)19-12(2)13-7-5-4-6-8-13/h4-12,18-19H,3H2,1-2H3,(H,20,21). The second-order valence-electron chi connectivity index (χ2n) is 5.29. The van der Waals surface area contributed by atoms with Crippen molar-refractivity contribution in [3.8, 4) is 0 Å². The molecule has 0 aliphatic rings. The van der Waals surface area contributed by atoms with E-state index in [2.05, 4.69) is 10.0 Å². The van der Waals surface area contributed by atoms with Gasteiger partial charge in [0.05, 0.1) is 11.3 Å². The van der Waals surface area contributed by atoms with Crippen LogP contribution in [0.5, 0.6) is 0 Å². The van der Waals surface area contributed by atoms with E-state index >= 15 is 0 Å². The smallest absolute Gasteiger partial charge is 0.335 e. The predicted octanol–water partition coefficient (Wildman–Crippen LogP) is 2.86. The predicted molar refractivity (Wildman–Crippen MR) is 92.7 cm³/mol. The van der Waals surface area contributed by atoms with E-state index in [0.717, 1.165) is 5.56 Å². The van der Waals surface area contributed by atoms with E-state index in [0.29, 0.717) is 5.69 Å². The minimum absolute atomic E-state index is 0.0768. The summed E-state index contributed by atoms with van der Waals surface area (Å²) in [6.07, 6.45) is 0. The average Bonchev–Trinajstić information content (AvgIpc) is 2.55. The molecule has 128 valence electrons. The fourth-order valence-corrected chi connectivity index (χ4v) is 3.56. The summed E-state index contributed by atoms with van der Waals surface area (Å²) in [5, 5.41) is 12.3. The Morgan fingerprint density at radius 2 is 1.83 bits per heavy atom. The highest BCUT2D eigenvalue weighted by Gasteiger charge is 2.21. The second kappa shape index (κ2) is 7.46. The fourth-order valence-electron chi connectivity index (χ4n) is 2.32. The van der Waals surface area contributed by atoms with E-state index in [-0.39, 0.29) is 23.0 Å². The molecular formula is C17H20N2O4S. The van der Waals surface area contributed by atoms with Gasteiger partial charge in [-0.15, -0.1) is 0 Å². The summed E-state index contributed by atoms with van der Waals surface area (Å²) in [5.41, 5.74) is 1.27. The molecule has 2 aromatic rings. The normalized spacial score (nSPS) is 12.6. The minimum Gasteiger partial charge on any atom is -0.478 e. The number of benzene rings is 2. The molecule has 0 radical (unpaired) electrons. The molecule has 0 heterocycles. The van der Waals surface area contributed by atoms with E-state index < -0.39 is 16.0 Å². The molecule has 2 aromatic carbocycles. The largest absolute Gasteiger partial charge is 0.478 e. The number of sulfonamides is 1. The zero-order valence-corrected chi connectivity index (χ0v) is 14.3. The number of hydrogen-bond acceptors (Lipinski definition) is 4. The van der Waals surface area contributed by atoms with Crippen molar-refractivity contribution in [2.24, 2.45) is 0 Å². The summed E-state index contributed by atoms with van der Waals surface area (Å²) in [6.45, 7) is 3.79. The summed E-state index contributed by atoms with van der Waals surface area (Å²) < 4.78 is 27.2. The van der Waals surface area contributed by atoms with Crippen molar-refractivity contribution in [2.75, 3.05) is 11.9 Å². The number of anilines is 1. The van der Waals surface area contributed by atoms with Gasteiger partial charge in [0.25, 0.3) is 0 Å². The summed E-state index contributed by atoms with van der Waals surface area (Å²) in [7, 11) is -3.80. The van der Waals surface area contributed by atoms with Crippen LogP contribution in [0.15, 0.2) is 53.4 Å². The Labute approximate surface area is 141 Å². The topological polar surface area (TPSA) is 95.5 Å². The number of rotatable bonds is 7. The lowest BCUT2D eigenvalue weighted by Gasteiger charge is -2.19. The Morgan fingerprint density at radius 1 is 1.17 bits per heavy atom. The third-order valence-electron chi connectivity index (χ3n) is 3.52. The second-order valence-corrected chi connectivity index (χ2v) is 7.03. The quantitative estimate of drug-likeness (QED) is 0.715. The summed E-state index contributed by atoms with van der Waals surface area (Å²) >= 11 is 0. The minimum atomic E-state index is -3.80. The van der Waals surface area contributed by atoms with Crippen LogP contribution in [0.2, 0.25) is 0 Å². The van der Waals surface area contributed by atoms with E-state index in [9.17, 15) is 13.2 Å². The van der Waals surface area contributed by atoms with E-state index in [1.165, 1.54) is 18.2 Å². The van der Waals surface area contributed by atoms with Crippen LogP contribution < -0.4 is 10.0 Å². The zero-order valence-electron chi connectivity index (χ0n) is 13.5. The van der Waals surface area contributed by atoms with Gasteiger partial charge >= 0.3 is 5.97 Å². The maximum atomic E-state index is 12.4. The number of nitrogens with one attached hydrogen (secondary N) is 2. The molecule has 7 heteroatoms. The molecule has 0 spiro atoms. The van der Waals surface area contributed by atoms with E-state index in [1.807, 2.05) is 37.3 Å². The van der Waals surface area contributed by atoms with Crippen LogP contribution in [0.4, 0.5) is 5.69 Å². The van der Waals surface area contributed by atoms with Crippen LogP contribution >= 0.6 is 0 Å². The molecule has 3 N–H and O–H groups in total. The van der Waals surface area contributed by atoms with Crippen LogP contribution in [0.25, 0.3) is 0 Å². The highest BCUT2D eigenvalue weighted by atomic mass is 32.2. The van der Waals surface area contributed by atoms with E-state index in [4.69, 9.17) is 5.11 Å². The van der Waals surface area contributed by atoms with Crippen molar-refractivity contribution in [3.05, 3.63) is 59.7 Å². The lowest BCUT2D eigenvalue weighted by molar-refractivity contribution is 0.0696. The third kappa shape index (κ3) is 4.12. The lowest BCUT2D eigenvalue weighted by atomic mass is 10.1. The number of carboxylic acids is 1. The van der Waals surface area contributed by atoms with Gasteiger partial charge in [-0.2, -0.15) is 0 Å². The van der Waals surface area contributed by atoms with Gasteiger partial charge in [0, 0.05) is 12.6 Å². The molecule has 0 saturated heterocycles. The average molecular weight is 348 g/mol. The van der Waals surface area contributed by atoms with Crippen molar-refractivity contribution in [3.63, 3.8) is 0 Å². The molecule has 0 fully saturated rings. The van der Waals surface area contributed by atoms with Crippen LogP contribution in [0.3, 0.4) is 0 Å². The molecule has 6 nitrogen and oxygen atoms in total. The summed E-state index contributed by atoms with van der Waals surface area (Å²) in [5.74, 6) is -1.18. The van der Waals surface area contributed by atoms with Crippen molar-refractivity contribution in [1.82, 2.24) is 4.72 Å². The van der Waals surface area contributed by atoms with Gasteiger partial charge in [-0.3, -0.25) is 0 Å². The first kappa shape index (κ1) is 18.0. The van der Waals surface area contributed by atoms with Gasteiger partial charge in [-0.1, -0.05) is 37.3 Å². The Morgan fingerprint density at radius 3 is 2.42 bits per heavy atom. The first-order chi connectivity index (χ1) is 11.3. The van der Waals surface area contributed by atoms with Crippen LogP contribution in [0.1, 0.15) is 35.8 Å². The molecule has 2 rings (SSSR count). The first-order valence-corrected chi connectivity index (χ1v) is 9.02. The fraction of sp³-hybridized carbons (Fsp3) is 0.235. The molecule has 1 atom stereocenters. The summed E-state index contributed by atoms with van der Waals surface area (Å²) in [6, 6.07) is 13.5. The maximum absolute atomic E-state index is 12.4. The molecule has 0 aliphatic heterocycles. The van der Waals surface area contributed by atoms with Gasteiger partial charge in [0.1, 0.15) is 4.90 Å². The first-order valence-electron chi connectivity index (χ1n) is 7.53. The van der Waals surface area contributed by atoms with Gasteiger partial charge in [0.15, 0.2) is 0 Å². The van der Waals surface area contributed by atoms with Crippen molar-refractivity contribution in [2.45, 2.75) is 24.8 Å². The Kier molecular flexibility index (Phi) is 5.58. The van der Waals surface area contributed by atoms with Crippen LogP contribution in [0, 0.1) is 0 Å². The van der Waals surface area contributed by atoms with Crippen LogP contribution in [-0.2, 0) is 10.0 Å². The van der Waals surface area contributed by atoms with E-state index in [1.54, 1.807) is 6.92 Å². The number of hydrogen-bond donors (Lipinski definition) is 3. The van der Waals surface area contributed by atoms with Gasteiger partial charge in [-0.25, -0.2) is 17.9 Å². The van der Waals surface area contributed by atoms with Crippen molar-refractivity contribution >= 4 is 21.7 Å². The number of aromatic carboxylic acids is 1. The molecule has 24 heavy (non-hydrogen) atoms. The molecule has 0 bridgehead atoms. The van der Waals surface area contributed by atoms with Crippen LogP contribution in [-0.4, -0.2) is 26.0 Å². The molecule has 1 unspecified atom stereocenters. The zero-order chi connectivity index (χ0) is 17.7. The highest BCUT2D eigenvalue weighted by Crippen LogP contribution is 2.27. The lowest BCUT2D eigenvalue weighted by Crippen LogP contribution is -2.25. The third-order valence-corrected chi connectivity index (χ3v) is 5.11. The summed E-state index contributed by atoms with van der Waals surface area (Å²) in [4.78, 5) is 11.1. The number of carbonyl (C=O) groups is 1. The van der Waals surface area contributed by atoms with Gasteiger partial charge in [0.2, 0.25) is 10.0 Å². The molecule has 0 saturated carbocycles. The monoisotopic (exact) mass is 348 g/mol. The molecule has 0 aromatic heterocycles.